The second kappa shape index (κ2) is 4.10. The van der Waals surface area contributed by atoms with Crippen molar-refractivity contribution in [3.05, 3.63) is 46.0 Å². The molecular formula is C15H14N2OS. The smallest absolute Gasteiger partial charge is 0.203 e. The van der Waals surface area contributed by atoms with Gasteiger partial charge in [-0.15, -0.1) is 11.3 Å². The lowest BCUT2D eigenvalue weighted by Crippen LogP contribution is -2.08. The first-order valence-corrected chi connectivity index (χ1v) is 7.42. The van der Waals surface area contributed by atoms with Crippen LogP contribution < -0.4 is 5.73 Å². The van der Waals surface area contributed by atoms with E-state index in [2.05, 4.69) is 16.4 Å². The van der Waals surface area contributed by atoms with Gasteiger partial charge in [0.05, 0.1) is 11.6 Å². The van der Waals surface area contributed by atoms with Crippen LogP contribution in [0.5, 0.6) is 0 Å². The maximum absolute atomic E-state index is 5.95. The summed E-state index contributed by atoms with van der Waals surface area (Å²) >= 11 is 1.84. The van der Waals surface area contributed by atoms with Gasteiger partial charge in [-0.25, -0.2) is 4.98 Å². The van der Waals surface area contributed by atoms with Crippen molar-refractivity contribution in [3.8, 4) is 0 Å². The Morgan fingerprint density at radius 1 is 1.32 bits per heavy atom. The summed E-state index contributed by atoms with van der Waals surface area (Å²) in [6, 6.07) is 7.91. The van der Waals surface area contributed by atoms with Crippen molar-refractivity contribution in [1.82, 2.24) is 4.98 Å². The number of nitrogens with zero attached hydrogens (tertiary/aromatic N) is 1. The summed E-state index contributed by atoms with van der Waals surface area (Å²) in [5.74, 6) is 1.11. The molecule has 96 valence electrons. The van der Waals surface area contributed by atoms with Gasteiger partial charge in [-0.3, -0.25) is 0 Å². The normalized spacial score (nSPS) is 18.6. The van der Waals surface area contributed by atoms with E-state index >= 15 is 0 Å². The van der Waals surface area contributed by atoms with Crippen LogP contribution in [-0.2, 0) is 6.42 Å². The molecule has 4 rings (SSSR count). The zero-order valence-electron chi connectivity index (χ0n) is 10.4. The topological polar surface area (TPSA) is 52.0 Å². The molecular weight excluding hydrogens is 256 g/mol. The summed E-state index contributed by atoms with van der Waals surface area (Å²) in [5.41, 5.74) is 9.61. The predicted molar refractivity (Wildman–Crippen MR) is 77.5 cm³/mol. The van der Waals surface area contributed by atoms with Gasteiger partial charge in [0.15, 0.2) is 5.58 Å². The quantitative estimate of drug-likeness (QED) is 0.681. The van der Waals surface area contributed by atoms with Crippen molar-refractivity contribution in [1.29, 1.82) is 0 Å². The Hall–Kier alpha value is -1.81. The number of aryl methyl sites for hydroxylation is 1. The molecule has 3 aromatic rings. The molecule has 1 unspecified atom stereocenters. The Bertz CT molecular complexity index is 744. The minimum Gasteiger partial charge on any atom is -0.440 e. The third kappa shape index (κ3) is 1.67. The first-order valence-electron chi connectivity index (χ1n) is 6.54. The van der Waals surface area contributed by atoms with E-state index < -0.39 is 0 Å². The predicted octanol–water partition coefficient (Wildman–Crippen LogP) is 3.94. The number of nitrogens with two attached hydrogens (primary N) is 1. The molecule has 0 saturated heterocycles. The zero-order chi connectivity index (χ0) is 12.8. The number of oxazole rings is 1. The van der Waals surface area contributed by atoms with E-state index in [1.807, 2.05) is 29.5 Å². The number of nitrogen functional groups attached to an aromatic ring is 1. The number of para-hydroxylation sites is 1. The van der Waals surface area contributed by atoms with E-state index in [0.717, 1.165) is 23.4 Å². The lowest BCUT2D eigenvalue weighted by atomic mass is 9.88. The van der Waals surface area contributed by atoms with E-state index in [1.165, 1.54) is 23.3 Å². The molecule has 1 aromatic carbocycles. The molecule has 2 heterocycles. The second-order valence-corrected chi connectivity index (χ2v) is 5.99. The first-order chi connectivity index (χ1) is 9.33. The van der Waals surface area contributed by atoms with Crippen LogP contribution in [0.15, 0.2) is 34.1 Å². The highest BCUT2D eigenvalue weighted by molar-refractivity contribution is 7.10. The Morgan fingerprint density at radius 2 is 2.26 bits per heavy atom. The van der Waals surface area contributed by atoms with Crippen molar-refractivity contribution >= 4 is 28.1 Å². The molecule has 0 fully saturated rings. The fraction of sp³-hybridized carbons (Fsp3) is 0.267. The summed E-state index contributed by atoms with van der Waals surface area (Å²) in [5, 5.41) is 2.17. The molecule has 3 nitrogen and oxygen atoms in total. The summed E-state index contributed by atoms with van der Waals surface area (Å²) in [6.45, 7) is 0. The van der Waals surface area contributed by atoms with Crippen molar-refractivity contribution in [2.24, 2.45) is 0 Å². The van der Waals surface area contributed by atoms with Crippen molar-refractivity contribution in [3.63, 3.8) is 0 Å². The molecule has 2 aromatic heterocycles. The zero-order valence-corrected chi connectivity index (χ0v) is 11.2. The van der Waals surface area contributed by atoms with Gasteiger partial charge in [-0.2, -0.15) is 0 Å². The van der Waals surface area contributed by atoms with Crippen molar-refractivity contribution < 1.29 is 4.42 Å². The van der Waals surface area contributed by atoms with Crippen LogP contribution in [-0.4, -0.2) is 4.98 Å². The average Bonchev–Trinajstić information content (AvgIpc) is 3.05. The number of fused-ring (bicyclic) bond motifs is 2. The van der Waals surface area contributed by atoms with E-state index in [0.29, 0.717) is 11.6 Å². The number of aromatic nitrogens is 1. The Balaban J connectivity index is 1.86. The third-order valence-electron chi connectivity index (χ3n) is 3.82. The highest BCUT2D eigenvalue weighted by atomic mass is 32.1. The molecule has 0 spiro atoms. The van der Waals surface area contributed by atoms with Gasteiger partial charge >= 0.3 is 0 Å². The summed E-state index contributed by atoms with van der Waals surface area (Å²) in [7, 11) is 0. The van der Waals surface area contributed by atoms with Crippen molar-refractivity contribution in [2.45, 2.75) is 25.2 Å². The Kier molecular flexibility index (Phi) is 2.38. The standard InChI is InChI=1S/C15H14N2OS/c16-11-4-2-5-12-14(11)17-15(18-12)10-3-1-6-13-9(10)7-8-19-13/h2,4-5,7-8,10H,1,3,6,16H2. The summed E-state index contributed by atoms with van der Waals surface area (Å²) in [4.78, 5) is 6.11. The number of hydrogen-bond acceptors (Lipinski definition) is 4. The van der Waals surface area contributed by atoms with E-state index in [-0.39, 0.29) is 0 Å². The van der Waals surface area contributed by atoms with Crippen LogP contribution in [0.2, 0.25) is 0 Å². The summed E-state index contributed by atoms with van der Waals surface area (Å²) in [6.07, 6.45) is 3.49. The van der Waals surface area contributed by atoms with E-state index in [9.17, 15) is 0 Å². The number of anilines is 1. The van der Waals surface area contributed by atoms with Gasteiger partial charge in [0.2, 0.25) is 5.89 Å². The average molecular weight is 270 g/mol. The van der Waals surface area contributed by atoms with Crippen LogP contribution in [0, 0.1) is 0 Å². The maximum Gasteiger partial charge on any atom is 0.203 e. The van der Waals surface area contributed by atoms with Crippen LogP contribution in [0.25, 0.3) is 11.1 Å². The molecule has 1 aliphatic carbocycles. The van der Waals surface area contributed by atoms with Gasteiger partial charge in [0.25, 0.3) is 0 Å². The molecule has 4 heteroatoms. The van der Waals surface area contributed by atoms with Crippen LogP contribution in [0.3, 0.4) is 0 Å². The SMILES string of the molecule is Nc1cccc2oc(C3CCCc4sccc43)nc12. The van der Waals surface area contributed by atoms with Crippen molar-refractivity contribution in [2.75, 3.05) is 5.73 Å². The molecule has 1 aliphatic rings. The summed E-state index contributed by atoms with van der Waals surface area (Å²) < 4.78 is 5.93. The highest BCUT2D eigenvalue weighted by Crippen LogP contribution is 2.40. The molecule has 2 N–H and O–H groups in total. The van der Waals surface area contributed by atoms with Crippen LogP contribution in [0.1, 0.15) is 35.1 Å². The monoisotopic (exact) mass is 270 g/mol. The van der Waals surface area contributed by atoms with Gasteiger partial charge < -0.3 is 10.2 Å². The van der Waals surface area contributed by atoms with E-state index in [1.54, 1.807) is 0 Å². The molecule has 0 amide bonds. The van der Waals surface area contributed by atoms with Gasteiger partial charge in [-0.1, -0.05) is 6.07 Å². The number of hydrogen-bond donors (Lipinski definition) is 1. The second-order valence-electron chi connectivity index (χ2n) is 4.99. The Morgan fingerprint density at radius 3 is 3.16 bits per heavy atom. The minimum absolute atomic E-state index is 0.293. The Labute approximate surface area is 115 Å². The lowest BCUT2D eigenvalue weighted by Gasteiger charge is -2.19. The van der Waals surface area contributed by atoms with Gasteiger partial charge in [0, 0.05) is 4.88 Å². The van der Waals surface area contributed by atoms with Gasteiger partial charge in [0.1, 0.15) is 5.52 Å². The molecule has 0 aliphatic heterocycles. The number of benzene rings is 1. The fourth-order valence-electron chi connectivity index (χ4n) is 2.88. The molecule has 0 saturated carbocycles. The maximum atomic E-state index is 5.95. The third-order valence-corrected chi connectivity index (χ3v) is 4.81. The van der Waals surface area contributed by atoms with Gasteiger partial charge in [-0.05, 0) is 48.4 Å². The molecule has 0 bridgehead atoms. The first kappa shape index (κ1) is 11.1. The fourth-order valence-corrected chi connectivity index (χ4v) is 3.87. The lowest BCUT2D eigenvalue weighted by molar-refractivity contribution is 0.467. The van der Waals surface area contributed by atoms with Crippen LogP contribution in [0.4, 0.5) is 5.69 Å². The number of thiophene rings is 1. The molecule has 0 radical (unpaired) electrons. The van der Waals surface area contributed by atoms with Crippen LogP contribution >= 0.6 is 11.3 Å². The molecule has 19 heavy (non-hydrogen) atoms. The largest absolute Gasteiger partial charge is 0.440 e. The minimum atomic E-state index is 0.293. The number of rotatable bonds is 1. The molecule has 1 atom stereocenters. The highest BCUT2D eigenvalue weighted by Gasteiger charge is 2.27. The van der Waals surface area contributed by atoms with E-state index in [4.69, 9.17) is 10.2 Å².